The lowest BCUT2D eigenvalue weighted by Crippen LogP contribution is -2.53. The van der Waals surface area contributed by atoms with Crippen molar-refractivity contribution in [2.45, 2.75) is 56.6 Å². The second-order valence-corrected chi connectivity index (χ2v) is 11.5. The van der Waals surface area contributed by atoms with Crippen LogP contribution in [0.4, 0.5) is 0 Å². The topological polar surface area (TPSA) is 106 Å². The number of carbonyl (C=O) groups excluding carboxylic acids is 2. The van der Waals surface area contributed by atoms with Crippen LogP contribution in [0.5, 0.6) is 0 Å². The number of esters is 1. The summed E-state index contributed by atoms with van der Waals surface area (Å²) >= 11 is 0. The van der Waals surface area contributed by atoms with E-state index in [-0.39, 0.29) is 41.7 Å². The lowest BCUT2D eigenvalue weighted by atomic mass is 9.49. The van der Waals surface area contributed by atoms with Crippen LogP contribution >= 0.6 is 0 Å². The van der Waals surface area contributed by atoms with E-state index in [0.717, 1.165) is 23.6 Å². The highest BCUT2D eigenvalue weighted by Crippen LogP contribution is 2.60. The summed E-state index contributed by atoms with van der Waals surface area (Å²) in [5.41, 5.74) is -0.221. The van der Waals surface area contributed by atoms with E-state index >= 15 is 0 Å². The molecule has 1 amide bonds. The summed E-state index contributed by atoms with van der Waals surface area (Å²) in [5, 5.41) is 2.76. The minimum Gasteiger partial charge on any atom is -0.457 e. The Bertz CT molecular complexity index is 884. The quantitative estimate of drug-likeness (QED) is 0.624. The summed E-state index contributed by atoms with van der Waals surface area (Å²) in [6.45, 7) is 0.0997. The van der Waals surface area contributed by atoms with Crippen LogP contribution in [0.15, 0.2) is 21.6 Å². The molecule has 1 heterocycles. The molecule has 166 valence electrons. The number of carbonyl (C=O) groups is 2. The van der Waals surface area contributed by atoms with Gasteiger partial charge in [-0.25, -0.2) is 12.7 Å². The number of rotatable bonds is 8. The molecule has 5 rings (SSSR count). The van der Waals surface area contributed by atoms with Crippen molar-refractivity contribution in [1.82, 2.24) is 9.62 Å². The molecule has 8 nitrogen and oxygen atoms in total. The standard InChI is InChI=1S/C21H30N2O6S/c1-23(2)30(26,27)19-4-3-17(29-19)13-28-18(24)5-6-22-20(25)21-10-14-7-15(11-21)9-16(8-14)12-21/h3-4,14-16H,5-13H2,1-2H3,(H,22,25). The van der Waals surface area contributed by atoms with Crippen LogP contribution in [0.25, 0.3) is 0 Å². The second kappa shape index (κ2) is 8.00. The average Bonchev–Trinajstić information content (AvgIpc) is 3.15. The SMILES string of the molecule is CN(C)S(=O)(=O)c1ccc(COC(=O)CCNC(=O)C23CC4CC(CC(C4)C2)C3)o1. The zero-order chi connectivity index (χ0) is 21.5. The van der Waals surface area contributed by atoms with E-state index in [4.69, 9.17) is 9.15 Å². The zero-order valence-electron chi connectivity index (χ0n) is 17.6. The second-order valence-electron chi connectivity index (χ2n) is 9.37. The summed E-state index contributed by atoms with van der Waals surface area (Å²) in [6, 6.07) is 2.81. The van der Waals surface area contributed by atoms with E-state index in [1.54, 1.807) is 0 Å². The predicted octanol–water partition coefficient (Wildman–Crippen LogP) is 2.30. The molecule has 9 heteroatoms. The van der Waals surface area contributed by atoms with Crippen LogP contribution in [-0.4, -0.2) is 45.2 Å². The van der Waals surface area contributed by atoms with Crippen molar-refractivity contribution in [2.24, 2.45) is 23.2 Å². The molecular weight excluding hydrogens is 408 g/mol. The molecule has 4 saturated carbocycles. The van der Waals surface area contributed by atoms with Crippen LogP contribution in [0.2, 0.25) is 0 Å². The van der Waals surface area contributed by atoms with Gasteiger partial charge in [-0.1, -0.05) is 0 Å². The Morgan fingerprint density at radius 2 is 1.73 bits per heavy atom. The molecule has 1 aromatic heterocycles. The number of nitrogens with zero attached hydrogens (tertiary/aromatic N) is 1. The van der Waals surface area contributed by atoms with E-state index in [2.05, 4.69) is 5.32 Å². The van der Waals surface area contributed by atoms with Gasteiger partial charge in [0.25, 0.3) is 10.0 Å². The first-order valence-corrected chi connectivity index (χ1v) is 12.1. The number of ether oxygens (including phenoxy) is 1. The number of nitrogens with one attached hydrogen (secondary N) is 1. The van der Waals surface area contributed by atoms with Gasteiger partial charge in [-0.3, -0.25) is 9.59 Å². The predicted molar refractivity (Wildman–Crippen MR) is 108 cm³/mol. The summed E-state index contributed by atoms with van der Waals surface area (Å²) in [5.74, 6) is 1.97. The van der Waals surface area contributed by atoms with Gasteiger partial charge >= 0.3 is 5.97 Å². The third-order valence-electron chi connectivity index (χ3n) is 6.88. The van der Waals surface area contributed by atoms with Crippen molar-refractivity contribution in [1.29, 1.82) is 0 Å². The number of furan rings is 1. The third-order valence-corrected chi connectivity index (χ3v) is 8.57. The fourth-order valence-corrected chi connectivity index (χ4v) is 6.64. The Kier molecular flexibility index (Phi) is 5.69. The normalized spacial score (nSPS) is 29.9. The van der Waals surface area contributed by atoms with Crippen molar-refractivity contribution in [3.8, 4) is 0 Å². The van der Waals surface area contributed by atoms with E-state index in [1.165, 1.54) is 45.5 Å². The first-order valence-electron chi connectivity index (χ1n) is 10.6. The molecule has 1 aromatic rings. The highest BCUT2D eigenvalue weighted by Gasteiger charge is 2.54. The van der Waals surface area contributed by atoms with Crippen molar-refractivity contribution >= 4 is 21.9 Å². The van der Waals surface area contributed by atoms with Crippen LogP contribution in [0.1, 0.15) is 50.7 Å². The minimum absolute atomic E-state index is 0.0711. The molecule has 1 N–H and O–H groups in total. The van der Waals surface area contributed by atoms with Crippen LogP contribution in [0, 0.1) is 23.2 Å². The Morgan fingerprint density at radius 1 is 1.13 bits per heavy atom. The molecule has 0 radical (unpaired) electrons. The zero-order valence-corrected chi connectivity index (χ0v) is 18.4. The Balaban J connectivity index is 1.21. The molecule has 4 fully saturated rings. The summed E-state index contributed by atoms with van der Waals surface area (Å²) in [4.78, 5) is 24.9. The highest BCUT2D eigenvalue weighted by atomic mass is 32.2. The third kappa shape index (κ3) is 4.14. The average molecular weight is 439 g/mol. The number of amides is 1. The van der Waals surface area contributed by atoms with Crippen molar-refractivity contribution in [3.63, 3.8) is 0 Å². The number of hydrogen-bond donors (Lipinski definition) is 1. The van der Waals surface area contributed by atoms with Crippen molar-refractivity contribution in [2.75, 3.05) is 20.6 Å². The van der Waals surface area contributed by atoms with Gasteiger partial charge in [0, 0.05) is 26.1 Å². The molecule has 0 atom stereocenters. The van der Waals surface area contributed by atoms with E-state index < -0.39 is 16.0 Å². The van der Waals surface area contributed by atoms with Gasteiger partial charge in [0.15, 0.2) is 0 Å². The lowest BCUT2D eigenvalue weighted by molar-refractivity contribution is -0.147. The van der Waals surface area contributed by atoms with E-state index in [9.17, 15) is 18.0 Å². The number of hydrogen-bond acceptors (Lipinski definition) is 6. The fraction of sp³-hybridized carbons (Fsp3) is 0.714. The van der Waals surface area contributed by atoms with Crippen LogP contribution in [-0.2, 0) is 31.0 Å². The van der Waals surface area contributed by atoms with Gasteiger partial charge < -0.3 is 14.5 Å². The molecule has 0 saturated heterocycles. The van der Waals surface area contributed by atoms with Crippen LogP contribution in [0.3, 0.4) is 0 Å². The smallest absolute Gasteiger partial charge is 0.308 e. The highest BCUT2D eigenvalue weighted by molar-refractivity contribution is 7.88. The monoisotopic (exact) mass is 438 g/mol. The minimum atomic E-state index is -3.66. The van der Waals surface area contributed by atoms with E-state index in [0.29, 0.717) is 17.8 Å². The Hall–Kier alpha value is -1.87. The maximum Gasteiger partial charge on any atom is 0.308 e. The number of sulfonamides is 1. The molecule has 4 bridgehead atoms. The lowest BCUT2D eigenvalue weighted by Gasteiger charge is -2.55. The Morgan fingerprint density at radius 3 is 2.30 bits per heavy atom. The molecule has 0 spiro atoms. The molecule has 0 aliphatic heterocycles. The largest absolute Gasteiger partial charge is 0.457 e. The molecule has 4 aliphatic carbocycles. The first kappa shape index (κ1) is 21.4. The summed E-state index contributed by atoms with van der Waals surface area (Å²) in [7, 11) is -0.835. The van der Waals surface area contributed by atoms with Crippen molar-refractivity contribution < 1.29 is 27.2 Å². The van der Waals surface area contributed by atoms with Crippen LogP contribution < -0.4 is 5.32 Å². The van der Waals surface area contributed by atoms with Gasteiger partial charge in [-0.2, -0.15) is 0 Å². The molecule has 0 aromatic carbocycles. The molecule has 0 unspecified atom stereocenters. The van der Waals surface area contributed by atoms with Gasteiger partial charge in [-0.15, -0.1) is 0 Å². The van der Waals surface area contributed by atoms with Crippen molar-refractivity contribution in [3.05, 3.63) is 17.9 Å². The molecular formula is C21H30N2O6S. The van der Waals surface area contributed by atoms with Gasteiger partial charge in [-0.05, 0) is 68.4 Å². The molecule has 30 heavy (non-hydrogen) atoms. The fourth-order valence-electron chi connectivity index (χ4n) is 5.83. The molecule has 4 aliphatic rings. The van der Waals surface area contributed by atoms with E-state index in [1.807, 2.05) is 0 Å². The summed E-state index contributed by atoms with van der Waals surface area (Å²) in [6.07, 6.45) is 6.89. The Labute approximate surface area is 177 Å². The maximum atomic E-state index is 12.9. The van der Waals surface area contributed by atoms with Gasteiger partial charge in [0.05, 0.1) is 6.42 Å². The first-order chi connectivity index (χ1) is 14.2. The summed E-state index contributed by atoms with van der Waals surface area (Å²) < 4.78 is 35.5. The van der Waals surface area contributed by atoms with Gasteiger partial charge in [0.1, 0.15) is 12.4 Å². The van der Waals surface area contributed by atoms with Gasteiger partial charge in [0.2, 0.25) is 11.0 Å². The maximum absolute atomic E-state index is 12.9.